The molecular weight excluding hydrogens is 680 g/mol. The van der Waals surface area contributed by atoms with Gasteiger partial charge in [0.1, 0.15) is 17.3 Å². The van der Waals surface area contributed by atoms with Gasteiger partial charge in [0.05, 0.1) is 16.7 Å². The summed E-state index contributed by atoms with van der Waals surface area (Å²) in [4.78, 5) is 9.66. The van der Waals surface area contributed by atoms with E-state index in [0.29, 0.717) is 0 Å². The topological polar surface area (TPSA) is 39.9 Å². The van der Waals surface area contributed by atoms with Crippen molar-refractivity contribution in [3.8, 4) is 28.6 Å². The highest BCUT2D eigenvalue weighted by molar-refractivity contribution is 7.12. The van der Waals surface area contributed by atoms with Gasteiger partial charge in [-0.25, -0.2) is 4.98 Å². The van der Waals surface area contributed by atoms with E-state index in [9.17, 15) is 0 Å². The Morgan fingerprint density at radius 3 is 1.75 bits per heavy atom. The highest BCUT2D eigenvalue weighted by Crippen LogP contribution is 2.35. The van der Waals surface area contributed by atoms with E-state index in [2.05, 4.69) is 166 Å². The summed E-state index contributed by atoms with van der Waals surface area (Å²) in [6.07, 6.45) is 3.72. The molecule has 266 valence electrons. The molecule has 0 aliphatic carbocycles. The number of aryl methyl sites for hydroxylation is 4. The lowest BCUT2D eigenvalue weighted by atomic mass is 9.20. The summed E-state index contributed by atoms with van der Waals surface area (Å²) in [5, 5.41) is 2.33. The molecule has 10 rings (SSSR count). The molecule has 4 nitrogen and oxygen atoms in total. The van der Waals surface area contributed by atoms with Crippen molar-refractivity contribution < 1.29 is 4.74 Å². The van der Waals surface area contributed by atoms with Gasteiger partial charge in [0.15, 0.2) is 0 Å². The molecule has 0 fully saturated rings. The Labute approximate surface area is 328 Å². The van der Waals surface area contributed by atoms with Crippen LogP contribution >= 0.6 is 0 Å². The van der Waals surface area contributed by atoms with Gasteiger partial charge in [-0.05, 0) is 81.7 Å². The highest BCUT2D eigenvalue weighted by atomic mass is 16.5. The van der Waals surface area contributed by atoms with Crippen molar-refractivity contribution in [1.29, 1.82) is 0 Å². The second-order valence-electron chi connectivity index (χ2n) is 15.1. The van der Waals surface area contributed by atoms with E-state index in [4.69, 9.17) is 14.7 Å². The zero-order valence-corrected chi connectivity index (χ0v) is 32.0. The maximum absolute atomic E-state index is 7.36. The second kappa shape index (κ2) is 13.6. The van der Waals surface area contributed by atoms with Crippen molar-refractivity contribution in [2.45, 2.75) is 27.7 Å². The van der Waals surface area contributed by atoms with Crippen LogP contribution in [0.1, 0.15) is 22.3 Å². The third-order valence-electron chi connectivity index (χ3n) is 11.8. The van der Waals surface area contributed by atoms with Crippen molar-refractivity contribution in [3.05, 3.63) is 186 Å². The number of hydrogen-bond donors (Lipinski definition) is 0. The van der Waals surface area contributed by atoms with Gasteiger partial charge >= 0.3 is 0 Å². The van der Waals surface area contributed by atoms with E-state index in [1.807, 2.05) is 30.6 Å². The van der Waals surface area contributed by atoms with Gasteiger partial charge < -0.3 is 4.74 Å². The van der Waals surface area contributed by atoms with Gasteiger partial charge in [0.2, 0.25) is 13.4 Å². The van der Waals surface area contributed by atoms with Crippen LogP contribution in [-0.2, 0) is 0 Å². The molecule has 0 radical (unpaired) electrons. The standard InChI is InChI=1S/C50H39B2N3O/c1-32-15-13-16-33(2)48(32)51-40-20-6-7-21-41(40)52(49-34(3)17-14-18-35(49)4)50-42(51)29-36(43-22-9-11-27-53-43)30-46(50)56-37-25-26-39-38-19-5-8-23-44(38)55(45(39)31-37)47-24-10-12-28-54-47/h5-31H,1-4H3. The Balaban J connectivity index is 1.28. The average molecular weight is 720 g/mol. The van der Waals surface area contributed by atoms with Gasteiger partial charge in [0, 0.05) is 34.8 Å². The third-order valence-corrected chi connectivity index (χ3v) is 11.8. The molecule has 6 heteroatoms. The van der Waals surface area contributed by atoms with E-state index < -0.39 is 0 Å². The summed E-state index contributed by atoms with van der Waals surface area (Å²) in [5.74, 6) is 2.47. The van der Waals surface area contributed by atoms with E-state index in [1.165, 1.54) is 60.4 Å². The fourth-order valence-electron chi connectivity index (χ4n) is 9.37. The summed E-state index contributed by atoms with van der Waals surface area (Å²) in [7, 11) is 0. The van der Waals surface area contributed by atoms with Crippen LogP contribution in [0.25, 0.3) is 38.9 Å². The maximum atomic E-state index is 7.36. The quantitative estimate of drug-likeness (QED) is 0.166. The molecule has 0 amide bonds. The largest absolute Gasteiger partial charge is 0.458 e. The van der Waals surface area contributed by atoms with Gasteiger partial charge in [-0.15, -0.1) is 0 Å². The molecule has 0 bridgehead atoms. The minimum absolute atomic E-state index is 0.0110. The molecule has 0 unspecified atom stereocenters. The number of ether oxygens (including phenoxy) is 1. The van der Waals surface area contributed by atoms with Crippen LogP contribution in [0.15, 0.2) is 164 Å². The Bertz CT molecular complexity index is 2920. The van der Waals surface area contributed by atoms with E-state index in [0.717, 1.165) is 45.0 Å². The lowest BCUT2D eigenvalue weighted by molar-refractivity contribution is 0.487. The number of hydrogen-bond acceptors (Lipinski definition) is 3. The molecule has 4 heterocycles. The maximum Gasteiger partial charge on any atom is 0.245 e. The number of pyridine rings is 2. The minimum Gasteiger partial charge on any atom is -0.458 e. The van der Waals surface area contributed by atoms with E-state index in [-0.39, 0.29) is 13.4 Å². The van der Waals surface area contributed by atoms with Crippen molar-refractivity contribution in [3.63, 3.8) is 0 Å². The van der Waals surface area contributed by atoms with Crippen LogP contribution in [0.5, 0.6) is 11.5 Å². The van der Waals surface area contributed by atoms with Crippen LogP contribution in [0.3, 0.4) is 0 Å². The third kappa shape index (κ3) is 5.47. The highest BCUT2D eigenvalue weighted by Gasteiger charge is 2.42. The van der Waals surface area contributed by atoms with Gasteiger partial charge in [-0.3, -0.25) is 9.55 Å². The first-order valence-electron chi connectivity index (χ1n) is 19.4. The first kappa shape index (κ1) is 33.9. The lowest BCUT2D eigenvalue weighted by Crippen LogP contribution is -2.76. The molecule has 1 aliphatic heterocycles. The fraction of sp³-hybridized carbons (Fsp3) is 0.0800. The summed E-state index contributed by atoms with van der Waals surface area (Å²) >= 11 is 0. The molecule has 0 saturated heterocycles. The number of benzene rings is 6. The second-order valence-corrected chi connectivity index (χ2v) is 15.1. The lowest BCUT2D eigenvalue weighted by Gasteiger charge is -2.35. The summed E-state index contributed by atoms with van der Waals surface area (Å²) in [6, 6.07) is 54.2. The molecule has 0 saturated carbocycles. The van der Waals surface area contributed by atoms with Crippen molar-refractivity contribution in [2.24, 2.45) is 0 Å². The van der Waals surface area contributed by atoms with Crippen molar-refractivity contribution >= 4 is 68.0 Å². The molecule has 0 spiro atoms. The van der Waals surface area contributed by atoms with Gasteiger partial charge in [-0.1, -0.05) is 147 Å². The number of rotatable bonds is 6. The summed E-state index contributed by atoms with van der Waals surface area (Å²) in [6.45, 7) is 8.92. The van der Waals surface area contributed by atoms with Crippen molar-refractivity contribution in [1.82, 2.24) is 14.5 Å². The monoisotopic (exact) mass is 719 g/mol. The molecular formula is C50H39B2N3O. The zero-order chi connectivity index (χ0) is 37.9. The summed E-state index contributed by atoms with van der Waals surface area (Å²) < 4.78 is 9.60. The van der Waals surface area contributed by atoms with Crippen LogP contribution in [0, 0.1) is 27.7 Å². The molecule has 0 atom stereocenters. The molecule has 1 aliphatic rings. The van der Waals surface area contributed by atoms with Crippen LogP contribution in [0.2, 0.25) is 0 Å². The Hall–Kier alpha value is -6.65. The minimum atomic E-state index is -0.0561. The molecule has 9 aromatic rings. The normalized spacial score (nSPS) is 12.2. The predicted octanol–water partition coefficient (Wildman–Crippen LogP) is 7.61. The predicted molar refractivity (Wildman–Crippen MR) is 236 cm³/mol. The number of nitrogens with zero attached hydrogens (tertiary/aromatic N) is 3. The van der Waals surface area contributed by atoms with Gasteiger partial charge in [-0.2, -0.15) is 0 Å². The van der Waals surface area contributed by atoms with Crippen LogP contribution in [0.4, 0.5) is 0 Å². The van der Waals surface area contributed by atoms with Gasteiger partial charge in [0.25, 0.3) is 0 Å². The molecule has 0 N–H and O–H groups in total. The average Bonchev–Trinajstić information content (AvgIpc) is 3.55. The molecule has 56 heavy (non-hydrogen) atoms. The summed E-state index contributed by atoms with van der Waals surface area (Å²) in [5.41, 5.74) is 16.9. The Morgan fingerprint density at radius 1 is 0.464 bits per heavy atom. The number of fused-ring (bicyclic) bond motifs is 5. The molecule has 3 aromatic heterocycles. The first-order valence-corrected chi connectivity index (χ1v) is 19.4. The SMILES string of the molecule is Cc1cccc(C)c1B1c2ccccc2B(c2c(C)cccc2C)c2c(Oc3ccc4c5ccccc5n(-c5ccccn5)c4c3)cc(-c3ccccn3)cc21. The Morgan fingerprint density at radius 2 is 1.07 bits per heavy atom. The fourth-order valence-corrected chi connectivity index (χ4v) is 9.37. The Kier molecular flexibility index (Phi) is 8.22. The van der Waals surface area contributed by atoms with E-state index in [1.54, 1.807) is 0 Å². The zero-order valence-electron chi connectivity index (χ0n) is 32.0. The number of para-hydroxylation sites is 1. The smallest absolute Gasteiger partial charge is 0.245 e. The van der Waals surface area contributed by atoms with E-state index >= 15 is 0 Å². The van der Waals surface area contributed by atoms with Crippen LogP contribution in [-0.4, -0.2) is 28.0 Å². The van der Waals surface area contributed by atoms with Crippen LogP contribution < -0.4 is 37.5 Å². The molecule has 6 aromatic carbocycles. The van der Waals surface area contributed by atoms with Crippen molar-refractivity contribution in [2.75, 3.05) is 0 Å². The number of aromatic nitrogens is 3. The first-order chi connectivity index (χ1) is 27.5.